The fourth-order valence-corrected chi connectivity index (χ4v) is 6.22. The lowest BCUT2D eigenvalue weighted by atomic mass is 10.1. The average Bonchev–Trinajstić information content (AvgIpc) is 2.74. The summed E-state index contributed by atoms with van der Waals surface area (Å²) in [7, 11) is 0. The second-order valence-corrected chi connectivity index (χ2v) is 11.0. The molecule has 1 atom stereocenters. The van der Waals surface area contributed by atoms with E-state index in [-0.39, 0.29) is 0 Å². The minimum absolute atomic E-state index is 0.339. The van der Waals surface area contributed by atoms with Gasteiger partial charge in [0, 0.05) is 11.3 Å². The molecule has 0 aliphatic rings. The zero-order valence-electron chi connectivity index (χ0n) is 17.7. The van der Waals surface area contributed by atoms with Crippen LogP contribution in [0.25, 0.3) is 0 Å². The maximum absolute atomic E-state index is 12.7. The highest BCUT2D eigenvalue weighted by molar-refractivity contribution is 8.55. The molecular formula is C22H29N2O3PS2. The summed E-state index contributed by atoms with van der Waals surface area (Å²) in [5, 5.41) is 4.23. The Kier molecular flexibility index (Phi) is 10.6. The van der Waals surface area contributed by atoms with Crippen LogP contribution in [0.2, 0.25) is 0 Å². The minimum Gasteiger partial charge on any atom is -0.417 e. The van der Waals surface area contributed by atoms with Gasteiger partial charge in [-0.1, -0.05) is 50.7 Å². The van der Waals surface area contributed by atoms with Crippen LogP contribution >= 0.6 is 30.4 Å². The molecule has 0 amide bonds. The van der Waals surface area contributed by atoms with Gasteiger partial charge >= 0.3 is 6.80 Å². The van der Waals surface area contributed by atoms with E-state index in [2.05, 4.69) is 29.6 Å². The molecule has 2 aromatic rings. The summed E-state index contributed by atoms with van der Waals surface area (Å²) in [6, 6.07) is 15.4. The number of nitrogens with zero attached hydrogens (tertiary/aromatic N) is 1. The van der Waals surface area contributed by atoms with Gasteiger partial charge in [-0.3, -0.25) is 9.95 Å². The Labute approximate surface area is 188 Å². The summed E-state index contributed by atoms with van der Waals surface area (Å²) in [6.45, 7) is 3.13. The summed E-state index contributed by atoms with van der Waals surface area (Å²) in [5.74, 6) is 1.22. The summed E-state index contributed by atoms with van der Waals surface area (Å²) in [5.41, 5.74) is 5.99. The molecule has 0 saturated carbocycles. The van der Waals surface area contributed by atoms with Crippen molar-refractivity contribution < 1.29 is 13.6 Å². The lowest BCUT2D eigenvalue weighted by molar-refractivity contribution is 0.296. The van der Waals surface area contributed by atoms with Crippen LogP contribution < -0.4 is 9.95 Å². The summed E-state index contributed by atoms with van der Waals surface area (Å²) in [6.07, 6.45) is 4.71. The second kappa shape index (κ2) is 12.9. The highest BCUT2D eigenvalue weighted by atomic mass is 32.7. The van der Waals surface area contributed by atoms with Gasteiger partial charge in [-0.05, 0) is 72.6 Å². The van der Waals surface area contributed by atoms with Crippen molar-refractivity contribution in [2.45, 2.75) is 40.0 Å². The van der Waals surface area contributed by atoms with Gasteiger partial charge in [0.25, 0.3) is 0 Å². The smallest absolute Gasteiger partial charge is 0.417 e. The molecule has 0 spiro atoms. The molecule has 2 aromatic carbocycles. The van der Waals surface area contributed by atoms with Crippen molar-refractivity contribution in [3.05, 3.63) is 65.2 Å². The van der Waals surface area contributed by atoms with Crippen LogP contribution in [-0.4, -0.2) is 23.6 Å². The molecule has 0 saturated heterocycles. The molecule has 1 N–H and O–H groups in total. The zero-order chi connectivity index (χ0) is 21.8. The fraction of sp³-hybridized carbons (Fsp3) is 0.364. The molecule has 2 rings (SSSR count). The van der Waals surface area contributed by atoms with Crippen molar-refractivity contribution in [3.8, 4) is 5.75 Å². The lowest BCUT2D eigenvalue weighted by Gasteiger charge is -2.17. The molecule has 0 aromatic heterocycles. The van der Waals surface area contributed by atoms with E-state index in [1.807, 2.05) is 31.2 Å². The van der Waals surface area contributed by atoms with E-state index in [9.17, 15) is 4.57 Å². The molecule has 0 fully saturated rings. The zero-order valence-corrected chi connectivity index (χ0v) is 20.2. The van der Waals surface area contributed by atoms with Crippen LogP contribution in [0.1, 0.15) is 50.3 Å². The van der Waals surface area contributed by atoms with Crippen LogP contribution in [0.4, 0.5) is 0 Å². The Morgan fingerprint density at radius 3 is 2.60 bits per heavy atom. The number of hydrogen-bond acceptors (Lipinski definition) is 6. The molecular weight excluding hydrogens is 435 g/mol. The SMILES string of the molecule is CCCSP(=O)(OCC)Oc1ccc(C=NNC(=S)c2cccc(CCC)c2)cc1. The van der Waals surface area contributed by atoms with Gasteiger partial charge < -0.3 is 4.52 Å². The standard InChI is InChI=1S/C22H29N2O3PS2/c1-4-8-18-9-7-10-20(16-18)22(29)24-23-17-19-11-13-21(14-12-19)27-28(25,26-6-3)30-15-5-2/h7,9-14,16-17H,4-6,8,15H2,1-3H3,(H,24,29). The maximum atomic E-state index is 12.7. The topological polar surface area (TPSA) is 59.9 Å². The monoisotopic (exact) mass is 464 g/mol. The molecule has 0 bridgehead atoms. The van der Waals surface area contributed by atoms with Crippen LogP contribution in [0.15, 0.2) is 53.6 Å². The molecule has 0 aliphatic carbocycles. The first-order valence-electron chi connectivity index (χ1n) is 10.1. The van der Waals surface area contributed by atoms with Crippen molar-refractivity contribution in [2.24, 2.45) is 5.10 Å². The van der Waals surface area contributed by atoms with E-state index in [4.69, 9.17) is 21.3 Å². The first kappa shape index (κ1) is 24.6. The molecule has 0 heterocycles. The average molecular weight is 465 g/mol. The maximum Gasteiger partial charge on any atom is 0.440 e. The van der Waals surface area contributed by atoms with Gasteiger partial charge in [0.2, 0.25) is 0 Å². The van der Waals surface area contributed by atoms with Gasteiger partial charge in [0.1, 0.15) is 10.7 Å². The van der Waals surface area contributed by atoms with E-state index in [0.29, 0.717) is 17.3 Å². The van der Waals surface area contributed by atoms with E-state index in [0.717, 1.165) is 36.1 Å². The first-order valence-corrected chi connectivity index (χ1v) is 13.6. The third-order valence-corrected chi connectivity index (χ3v) is 8.22. The Hall–Kier alpha value is -1.66. The van der Waals surface area contributed by atoms with Gasteiger partial charge in [-0.15, -0.1) is 0 Å². The van der Waals surface area contributed by atoms with Crippen molar-refractivity contribution in [3.63, 3.8) is 0 Å². The summed E-state index contributed by atoms with van der Waals surface area (Å²) >= 11 is 6.65. The molecule has 162 valence electrons. The van der Waals surface area contributed by atoms with Gasteiger partial charge in [0.15, 0.2) is 0 Å². The summed E-state index contributed by atoms with van der Waals surface area (Å²) in [4.78, 5) is 0.578. The van der Waals surface area contributed by atoms with Gasteiger partial charge in [-0.25, -0.2) is 4.57 Å². The Morgan fingerprint density at radius 1 is 1.17 bits per heavy atom. The van der Waals surface area contributed by atoms with E-state index >= 15 is 0 Å². The third kappa shape index (κ3) is 8.23. The Balaban J connectivity index is 1.95. The van der Waals surface area contributed by atoms with Gasteiger partial charge in [-0.2, -0.15) is 5.10 Å². The normalized spacial score (nSPS) is 13.2. The Bertz CT molecular complexity index is 888. The fourth-order valence-electron chi connectivity index (χ4n) is 2.58. The van der Waals surface area contributed by atoms with Crippen LogP contribution in [0.5, 0.6) is 5.75 Å². The molecule has 1 unspecified atom stereocenters. The largest absolute Gasteiger partial charge is 0.440 e. The van der Waals surface area contributed by atoms with Crippen molar-refractivity contribution in [1.82, 2.24) is 5.43 Å². The van der Waals surface area contributed by atoms with Crippen molar-refractivity contribution in [2.75, 3.05) is 12.4 Å². The van der Waals surface area contributed by atoms with Crippen LogP contribution in [0, 0.1) is 0 Å². The van der Waals surface area contributed by atoms with E-state index in [1.54, 1.807) is 25.3 Å². The summed E-state index contributed by atoms with van der Waals surface area (Å²) < 4.78 is 23.8. The molecule has 5 nitrogen and oxygen atoms in total. The number of hydrogen-bond donors (Lipinski definition) is 1. The number of nitrogens with one attached hydrogen (secondary N) is 1. The Morgan fingerprint density at radius 2 is 1.93 bits per heavy atom. The van der Waals surface area contributed by atoms with E-state index in [1.165, 1.54) is 16.9 Å². The number of aryl methyl sites for hydroxylation is 1. The first-order chi connectivity index (χ1) is 14.5. The highest BCUT2D eigenvalue weighted by Crippen LogP contribution is 2.60. The predicted octanol–water partition coefficient (Wildman–Crippen LogP) is 6.60. The predicted molar refractivity (Wildman–Crippen MR) is 132 cm³/mol. The third-order valence-electron chi connectivity index (χ3n) is 3.95. The molecule has 0 aliphatic heterocycles. The van der Waals surface area contributed by atoms with Crippen LogP contribution in [0.3, 0.4) is 0 Å². The number of thiocarbonyl (C=S) groups is 1. The second-order valence-electron chi connectivity index (χ2n) is 6.51. The number of benzene rings is 2. The van der Waals surface area contributed by atoms with Crippen LogP contribution in [-0.2, 0) is 15.5 Å². The number of rotatable bonds is 12. The molecule has 8 heteroatoms. The molecule has 0 radical (unpaired) electrons. The minimum atomic E-state index is -3.20. The lowest BCUT2D eigenvalue weighted by Crippen LogP contribution is -2.16. The number of hydrazone groups is 1. The van der Waals surface area contributed by atoms with Crippen molar-refractivity contribution in [1.29, 1.82) is 0 Å². The van der Waals surface area contributed by atoms with Gasteiger partial charge in [0.05, 0.1) is 12.8 Å². The molecule has 30 heavy (non-hydrogen) atoms. The quantitative estimate of drug-likeness (QED) is 0.165. The van der Waals surface area contributed by atoms with E-state index < -0.39 is 6.80 Å². The highest BCUT2D eigenvalue weighted by Gasteiger charge is 2.26. The van der Waals surface area contributed by atoms with Crippen molar-refractivity contribution >= 4 is 41.6 Å².